The number of hydrogen-bond acceptors (Lipinski definition) is 4. The molecule has 5 nitrogen and oxygen atoms in total. The third-order valence-electron chi connectivity index (χ3n) is 4.05. The number of Topliss-reactive ketones (excluding diaryl/α,β-unsaturated/α-hetero) is 1. The van der Waals surface area contributed by atoms with Gasteiger partial charge in [0.05, 0.1) is 17.0 Å². The summed E-state index contributed by atoms with van der Waals surface area (Å²) in [6.07, 6.45) is 2.00. The molecule has 0 spiro atoms. The Morgan fingerprint density at radius 2 is 2.14 bits per heavy atom. The summed E-state index contributed by atoms with van der Waals surface area (Å²) in [6, 6.07) is 5.64. The van der Waals surface area contributed by atoms with Crippen LogP contribution in [-0.2, 0) is 4.74 Å². The molecule has 0 radical (unpaired) electrons. The second-order valence-electron chi connectivity index (χ2n) is 6.15. The maximum absolute atomic E-state index is 12.5. The number of hydrogen-bond donors (Lipinski definition) is 0. The summed E-state index contributed by atoms with van der Waals surface area (Å²) in [4.78, 5) is 16.8. The van der Waals surface area contributed by atoms with Crippen LogP contribution >= 0.6 is 0 Å². The maximum atomic E-state index is 12.5. The lowest BCUT2D eigenvalue weighted by atomic mass is 9.73. The van der Waals surface area contributed by atoms with E-state index in [2.05, 4.69) is 10.1 Å². The molecule has 0 fully saturated rings. The smallest absolute Gasteiger partial charge is 0.167 e. The van der Waals surface area contributed by atoms with E-state index < -0.39 is 0 Å². The Kier molecular flexibility index (Phi) is 3.17. The predicted molar refractivity (Wildman–Crippen MR) is 78.6 cm³/mol. The number of methoxy groups -OCH3 is 1. The normalized spacial score (nSPS) is 20.4. The van der Waals surface area contributed by atoms with Crippen molar-refractivity contribution in [2.75, 3.05) is 7.11 Å². The van der Waals surface area contributed by atoms with Crippen LogP contribution in [0.1, 0.15) is 48.1 Å². The van der Waals surface area contributed by atoms with Crippen LogP contribution in [0.25, 0.3) is 5.82 Å². The van der Waals surface area contributed by atoms with Gasteiger partial charge in [-0.25, -0.2) is 9.67 Å². The topological polar surface area (TPSA) is 57.0 Å². The van der Waals surface area contributed by atoms with Crippen molar-refractivity contribution in [3.05, 3.63) is 41.3 Å². The molecule has 1 aliphatic carbocycles. The number of ether oxygens (including phenoxy) is 1. The zero-order chi connectivity index (χ0) is 15.2. The summed E-state index contributed by atoms with van der Waals surface area (Å²) in [6.45, 7) is 5.96. The van der Waals surface area contributed by atoms with E-state index in [1.165, 1.54) is 0 Å². The molecular formula is C16H19N3O2. The molecule has 0 bridgehead atoms. The molecule has 0 N–H and O–H groups in total. The van der Waals surface area contributed by atoms with E-state index in [1.807, 2.05) is 39.0 Å². The lowest BCUT2D eigenvalue weighted by Crippen LogP contribution is -2.34. The first-order chi connectivity index (χ1) is 9.95. The van der Waals surface area contributed by atoms with Gasteiger partial charge in [0.15, 0.2) is 11.6 Å². The summed E-state index contributed by atoms with van der Waals surface area (Å²) in [5.41, 5.74) is 1.97. The Labute approximate surface area is 124 Å². The molecule has 0 aliphatic heterocycles. The number of nitrogens with zero attached hydrogens (tertiary/aromatic N) is 3. The van der Waals surface area contributed by atoms with E-state index in [1.54, 1.807) is 18.0 Å². The minimum Gasteiger partial charge on any atom is -0.375 e. The number of rotatable bonds is 2. The molecule has 0 amide bonds. The Bertz CT molecular complexity index is 689. The Hall–Kier alpha value is -2.01. The number of carbonyl (C=O) groups is 1. The van der Waals surface area contributed by atoms with Crippen molar-refractivity contribution in [1.82, 2.24) is 14.8 Å². The zero-order valence-electron chi connectivity index (χ0n) is 12.8. The first-order valence-corrected chi connectivity index (χ1v) is 7.02. The van der Waals surface area contributed by atoms with Crippen LogP contribution in [0.15, 0.2) is 24.4 Å². The molecule has 1 aliphatic rings. The third kappa shape index (κ3) is 2.08. The summed E-state index contributed by atoms with van der Waals surface area (Å²) in [7, 11) is 1.68. The van der Waals surface area contributed by atoms with Gasteiger partial charge in [-0.2, -0.15) is 5.10 Å². The predicted octanol–water partition coefficient (Wildman–Crippen LogP) is 2.88. The third-order valence-corrected chi connectivity index (χ3v) is 4.05. The Morgan fingerprint density at radius 1 is 1.38 bits per heavy atom. The van der Waals surface area contributed by atoms with E-state index in [9.17, 15) is 4.79 Å². The molecule has 0 saturated heterocycles. The summed E-state index contributed by atoms with van der Waals surface area (Å²) in [5, 5.41) is 4.53. The molecule has 1 unspecified atom stereocenters. The first-order valence-electron chi connectivity index (χ1n) is 7.02. The Balaban J connectivity index is 2.27. The molecule has 21 heavy (non-hydrogen) atoms. The van der Waals surface area contributed by atoms with Crippen molar-refractivity contribution < 1.29 is 9.53 Å². The molecule has 110 valence electrons. The van der Waals surface area contributed by atoms with Crippen LogP contribution in [0.2, 0.25) is 0 Å². The van der Waals surface area contributed by atoms with E-state index in [0.29, 0.717) is 17.8 Å². The van der Waals surface area contributed by atoms with Crippen molar-refractivity contribution in [2.24, 2.45) is 5.41 Å². The molecule has 2 aromatic heterocycles. The van der Waals surface area contributed by atoms with Crippen LogP contribution < -0.4 is 0 Å². The fraction of sp³-hybridized carbons (Fsp3) is 0.438. The molecule has 0 aromatic carbocycles. The molecule has 2 aromatic rings. The Morgan fingerprint density at radius 3 is 2.76 bits per heavy atom. The number of fused-ring (bicyclic) bond motifs is 1. The van der Waals surface area contributed by atoms with Gasteiger partial charge in [0, 0.05) is 25.1 Å². The molecule has 0 saturated carbocycles. The fourth-order valence-electron chi connectivity index (χ4n) is 3.18. The van der Waals surface area contributed by atoms with Gasteiger partial charge in [0.25, 0.3) is 0 Å². The monoisotopic (exact) mass is 285 g/mol. The summed E-state index contributed by atoms with van der Waals surface area (Å²) in [5.74, 6) is 0.831. The number of pyridine rings is 1. The van der Waals surface area contributed by atoms with Gasteiger partial charge in [-0.1, -0.05) is 19.9 Å². The molecule has 3 rings (SSSR count). The zero-order valence-corrected chi connectivity index (χ0v) is 12.8. The van der Waals surface area contributed by atoms with Crippen LogP contribution in [0.5, 0.6) is 0 Å². The van der Waals surface area contributed by atoms with Crippen molar-refractivity contribution in [3.63, 3.8) is 0 Å². The van der Waals surface area contributed by atoms with E-state index in [4.69, 9.17) is 4.74 Å². The van der Waals surface area contributed by atoms with Crippen molar-refractivity contribution >= 4 is 5.78 Å². The van der Waals surface area contributed by atoms with E-state index in [-0.39, 0.29) is 17.3 Å². The molecule has 5 heteroatoms. The van der Waals surface area contributed by atoms with Gasteiger partial charge in [0.2, 0.25) is 0 Å². The van der Waals surface area contributed by atoms with Gasteiger partial charge in [-0.3, -0.25) is 4.79 Å². The highest BCUT2D eigenvalue weighted by atomic mass is 16.5. The highest BCUT2D eigenvalue weighted by Crippen LogP contribution is 2.46. The maximum Gasteiger partial charge on any atom is 0.167 e. The molecule has 1 atom stereocenters. The SMILES string of the molecule is COC1c2c(c(C)nn2-c2ccccn2)C(=O)CC1(C)C. The van der Waals surface area contributed by atoms with Crippen molar-refractivity contribution in [1.29, 1.82) is 0 Å². The van der Waals surface area contributed by atoms with Crippen molar-refractivity contribution in [3.8, 4) is 5.82 Å². The molecular weight excluding hydrogens is 266 g/mol. The minimum atomic E-state index is -0.266. The number of ketones is 1. The lowest BCUT2D eigenvalue weighted by Gasteiger charge is -2.37. The van der Waals surface area contributed by atoms with Crippen LogP contribution in [0.3, 0.4) is 0 Å². The highest BCUT2D eigenvalue weighted by molar-refractivity contribution is 6.00. The number of aryl methyl sites for hydroxylation is 1. The van der Waals surface area contributed by atoms with Gasteiger partial charge in [-0.15, -0.1) is 0 Å². The lowest BCUT2D eigenvalue weighted by molar-refractivity contribution is -0.00799. The van der Waals surface area contributed by atoms with Gasteiger partial charge < -0.3 is 4.74 Å². The summed E-state index contributed by atoms with van der Waals surface area (Å²) >= 11 is 0. The van der Waals surface area contributed by atoms with Gasteiger partial charge in [-0.05, 0) is 19.1 Å². The van der Waals surface area contributed by atoms with Crippen LogP contribution in [0.4, 0.5) is 0 Å². The fourth-order valence-corrected chi connectivity index (χ4v) is 3.18. The molecule has 2 heterocycles. The number of aromatic nitrogens is 3. The average molecular weight is 285 g/mol. The average Bonchev–Trinajstić information content (AvgIpc) is 2.77. The van der Waals surface area contributed by atoms with Gasteiger partial charge in [0.1, 0.15) is 6.10 Å². The van der Waals surface area contributed by atoms with Gasteiger partial charge >= 0.3 is 0 Å². The highest BCUT2D eigenvalue weighted by Gasteiger charge is 2.44. The van der Waals surface area contributed by atoms with E-state index >= 15 is 0 Å². The second-order valence-corrected chi connectivity index (χ2v) is 6.15. The number of carbonyl (C=O) groups excluding carboxylic acids is 1. The van der Waals surface area contributed by atoms with Crippen molar-refractivity contribution in [2.45, 2.75) is 33.3 Å². The van der Waals surface area contributed by atoms with Crippen LogP contribution in [0, 0.1) is 12.3 Å². The summed E-state index contributed by atoms with van der Waals surface area (Å²) < 4.78 is 7.46. The standard InChI is InChI=1S/C16H19N3O2/c1-10-13-11(20)9-16(2,3)15(21-4)14(13)19(18-10)12-7-5-6-8-17-12/h5-8,15H,9H2,1-4H3. The van der Waals surface area contributed by atoms with Crippen LogP contribution in [-0.4, -0.2) is 27.7 Å². The minimum absolute atomic E-state index is 0.128. The second kappa shape index (κ2) is 4.77. The quantitative estimate of drug-likeness (QED) is 0.851. The first kappa shape index (κ1) is 13.9. The van der Waals surface area contributed by atoms with E-state index in [0.717, 1.165) is 11.4 Å². The largest absolute Gasteiger partial charge is 0.375 e.